The van der Waals surface area contributed by atoms with Gasteiger partial charge in [-0.05, 0) is 35.9 Å². The lowest BCUT2D eigenvalue weighted by Crippen LogP contribution is -2.22. The molecule has 0 aliphatic heterocycles. The van der Waals surface area contributed by atoms with Crippen LogP contribution in [-0.4, -0.2) is 14.8 Å². The molecular formula is C23H19ClN4O2. The highest BCUT2D eigenvalue weighted by molar-refractivity contribution is 6.32. The summed E-state index contributed by atoms with van der Waals surface area (Å²) in [6.07, 6.45) is 5.07. The van der Waals surface area contributed by atoms with Crippen molar-refractivity contribution < 1.29 is 4.74 Å². The average molecular weight is 419 g/mol. The van der Waals surface area contributed by atoms with Gasteiger partial charge in [0, 0.05) is 24.5 Å². The summed E-state index contributed by atoms with van der Waals surface area (Å²) in [6, 6.07) is 20.7. The van der Waals surface area contributed by atoms with E-state index in [4.69, 9.17) is 16.3 Å². The standard InChI is InChI=1S/C23H19ClN4O2/c24-22-21(15-27-28(23(22)29)19-6-2-1-3-7-19)26-14-17-8-10-20(11-9-17)30-16-18-5-4-12-25-13-18/h1-13,15,26H,14,16H2. The summed E-state index contributed by atoms with van der Waals surface area (Å²) in [5.41, 5.74) is 2.82. The van der Waals surface area contributed by atoms with E-state index in [1.807, 2.05) is 54.6 Å². The highest BCUT2D eigenvalue weighted by Crippen LogP contribution is 2.19. The van der Waals surface area contributed by atoms with Crippen molar-refractivity contribution in [3.63, 3.8) is 0 Å². The van der Waals surface area contributed by atoms with Gasteiger partial charge in [-0.1, -0.05) is 48.0 Å². The number of anilines is 1. The third-order valence-electron chi connectivity index (χ3n) is 4.45. The minimum Gasteiger partial charge on any atom is -0.489 e. The van der Waals surface area contributed by atoms with E-state index < -0.39 is 0 Å². The van der Waals surface area contributed by atoms with Crippen LogP contribution in [0.3, 0.4) is 0 Å². The van der Waals surface area contributed by atoms with Crippen molar-refractivity contribution in [2.24, 2.45) is 0 Å². The molecular weight excluding hydrogens is 400 g/mol. The highest BCUT2D eigenvalue weighted by Gasteiger charge is 2.10. The van der Waals surface area contributed by atoms with Crippen molar-refractivity contribution in [3.8, 4) is 11.4 Å². The zero-order valence-corrected chi connectivity index (χ0v) is 16.8. The van der Waals surface area contributed by atoms with E-state index >= 15 is 0 Å². The Kier molecular flexibility index (Phi) is 6.06. The highest BCUT2D eigenvalue weighted by atomic mass is 35.5. The predicted molar refractivity (Wildman–Crippen MR) is 117 cm³/mol. The van der Waals surface area contributed by atoms with Crippen LogP contribution in [-0.2, 0) is 13.2 Å². The SMILES string of the molecule is O=c1c(Cl)c(NCc2ccc(OCc3cccnc3)cc2)cnn1-c1ccccc1. The number of ether oxygens (including phenoxy) is 1. The maximum absolute atomic E-state index is 12.5. The Bertz CT molecular complexity index is 1160. The molecule has 0 saturated heterocycles. The number of benzene rings is 2. The summed E-state index contributed by atoms with van der Waals surface area (Å²) in [5.74, 6) is 0.771. The summed E-state index contributed by atoms with van der Waals surface area (Å²) in [7, 11) is 0. The number of aromatic nitrogens is 3. The molecule has 4 rings (SSSR count). The summed E-state index contributed by atoms with van der Waals surface area (Å²) < 4.78 is 7.04. The molecule has 0 amide bonds. The van der Waals surface area contributed by atoms with Crippen LogP contribution in [0.4, 0.5) is 5.69 Å². The Morgan fingerprint density at radius 2 is 1.73 bits per heavy atom. The lowest BCUT2D eigenvalue weighted by molar-refractivity contribution is 0.305. The van der Waals surface area contributed by atoms with Crippen LogP contribution >= 0.6 is 11.6 Å². The molecule has 4 aromatic rings. The quantitative estimate of drug-likeness (QED) is 0.479. The Morgan fingerprint density at radius 1 is 0.933 bits per heavy atom. The van der Waals surface area contributed by atoms with Crippen molar-refractivity contribution in [2.75, 3.05) is 5.32 Å². The maximum atomic E-state index is 12.5. The van der Waals surface area contributed by atoms with Gasteiger partial charge in [0.2, 0.25) is 0 Å². The van der Waals surface area contributed by atoms with Crippen LogP contribution in [0.15, 0.2) is 90.1 Å². The molecule has 30 heavy (non-hydrogen) atoms. The number of rotatable bonds is 7. The molecule has 2 heterocycles. The summed E-state index contributed by atoms with van der Waals surface area (Å²) >= 11 is 6.28. The van der Waals surface area contributed by atoms with Crippen molar-refractivity contribution in [3.05, 3.63) is 112 Å². The molecule has 0 atom stereocenters. The average Bonchev–Trinajstić information content (AvgIpc) is 2.81. The number of hydrogen-bond acceptors (Lipinski definition) is 5. The minimum atomic E-state index is -0.369. The Morgan fingerprint density at radius 3 is 2.47 bits per heavy atom. The van der Waals surface area contributed by atoms with Gasteiger partial charge in [0.1, 0.15) is 17.4 Å². The Labute approximate surface area is 178 Å². The van der Waals surface area contributed by atoms with Gasteiger partial charge in [-0.25, -0.2) is 0 Å². The molecule has 1 N–H and O–H groups in total. The molecule has 0 spiro atoms. The first kappa shape index (κ1) is 19.7. The van der Waals surface area contributed by atoms with Crippen LogP contribution in [0, 0.1) is 0 Å². The third kappa shape index (κ3) is 4.67. The van der Waals surface area contributed by atoms with E-state index in [0.29, 0.717) is 24.5 Å². The van der Waals surface area contributed by atoms with Gasteiger partial charge in [-0.15, -0.1) is 0 Å². The molecule has 7 heteroatoms. The topological polar surface area (TPSA) is 69.0 Å². The zero-order chi connectivity index (χ0) is 20.8. The number of halogens is 1. The molecule has 2 aromatic carbocycles. The predicted octanol–water partition coefficient (Wildman–Crippen LogP) is 4.47. The van der Waals surface area contributed by atoms with Crippen LogP contribution in [0.5, 0.6) is 5.75 Å². The first-order valence-corrected chi connectivity index (χ1v) is 9.76. The Balaban J connectivity index is 1.39. The van der Waals surface area contributed by atoms with Gasteiger partial charge in [0.25, 0.3) is 5.56 Å². The second kappa shape index (κ2) is 9.24. The van der Waals surface area contributed by atoms with Crippen molar-refractivity contribution in [1.29, 1.82) is 0 Å². The van der Waals surface area contributed by atoms with Crippen molar-refractivity contribution >= 4 is 17.3 Å². The normalized spacial score (nSPS) is 10.6. The van der Waals surface area contributed by atoms with E-state index in [0.717, 1.165) is 16.9 Å². The molecule has 0 radical (unpaired) electrons. The van der Waals surface area contributed by atoms with E-state index in [2.05, 4.69) is 15.4 Å². The van der Waals surface area contributed by atoms with Crippen molar-refractivity contribution in [2.45, 2.75) is 13.2 Å². The fourth-order valence-corrected chi connectivity index (χ4v) is 3.06. The molecule has 0 unspecified atom stereocenters. The molecule has 6 nitrogen and oxygen atoms in total. The first-order valence-electron chi connectivity index (χ1n) is 9.38. The smallest absolute Gasteiger partial charge is 0.292 e. The molecule has 0 saturated carbocycles. The van der Waals surface area contributed by atoms with Gasteiger partial charge >= 0.3 is 0 Å². The molecule has 2 aromatic heterocycles. The van der Waals surface area contributed by atoms with E-state index in [1.165, 1.54) is 4.68 Å². The number of hydrogen-bond donors (Lipinski definition) is 1. The van der Waals surface area contributed by atoms with E-state index in [-0.39, 0.29) is 10.6 Å². The van der Waals surface area contributed by atoms with Crippen molar-refractivity contribution in [1.82, 2.24) is 14.8 Å². The number of pyridine rings is 1. The van der Waals surface area contributed by atoms with E-state index in [1.54, 1.807) is 30.7 Å². The molecule has 0 fully saturated rings. The number of nitrogens with one attached hydrogen (secondary N) is 1. The lowest BCUT2D eigenvalue weighted by atomic mass is 10.2. The van der Waals surface area contributed by atoms with Gasteiger partial charge in [0.15, 0.2) is 0 Å². The number of nitrogens with zero attached hydrogens (tertiary/aromatic N) is 3. The van der Waals surface area contributed by atoms with Gasteiger partial charge in [0.05, 0.1) is 17.6 Å². The third-order valence-corrected chi connectivity index (χ3v) is 4.82. The fraction of sp³-hybridized carbons (Fsp3) is 0.0870. The second-order valence-electron chi connectivity index (χ2n) is 6.57. The van der Waals surface area contributed by atoms with Gasteiger partial charge in [-0.3, -0.25) is 9.78 Å². The fourth-order valence-electron chi connectivity index (χ4n) is 2.86. The Hall–Kier alpha value is -3.64. The largest absolute Gasteiger partial charge is 0.489 e. The molecule has 150 valence electrons. The maximum Gasteiger partial charge on any atom is 0.292 e. The van der Waals surface area contributed by atoms with Crippen LogP contribution < -0.4 is 15.6 Å². The first-order chi connectivity index (χ1) is 14.7. The molecule has 0 bridgehead atoms. The summed E-state index contributed by atoms with van der Waals surface area (Å²) in [6.45, 7) is 0.962. The number of para-hydroxylation sites is 1. The molecule has 0 aliphatic carbocycles. The molecule has 0 aliphatic rings. The zero-order valence-electron chi connectivity index (χ0n) is 16.0. The van der Waals surface area contributed by atoms with Gasteiger partial charge < -0.3 is 10.1 Å². The monoisotopic (exact) mass is 418 g/mol. The van der Waals surface area contributed by atoms with Crippen LogP contribution in [0.1, 0.15) is 11.1 Å². The van der Waals surface area contributed by atoms with Crippen LogP contribution in [0.25, 0.3) is 5.69 Å². The van der Waals surface area contributed by atoms with Crippen LogP contribution in [0.2, 0.25) is 5.02 Å². The van der Waals surface area contributed by atoms with E-state index in [9.17, 15) is 4.79 Å². The van der Waals surface area contributed by atoms with Gasteiger partial charge in [-0.2, -0.15) is 9.78 Å². The summed E-state index contributed by atoms with van der Waals surface area (Å²) in [4.78, 5) is 16.6. The lowest BCUT2D eigenvalue weighted by Gasteiger charge is -2.11. The minimum absolute atomic E-state index is 0.102. The summed E-state index contributed by atoms with van der Waals surface area (Å²) in [5, 5.41) is 7.49. The second-order valence-corrected chi connectivity index (χ2v) is 6.95.